The molecule has 0 radical (unpaired) electrons. The van der Waals surface area contributed by atoms with Gasteiger partial charge in [-0.2, -0.15) is 0 Å². The number of ether oxygens (including phenoxy) is 1. The summed E-state index contributed by atoms with van der Waals surface area (Å²) in [5.74, 6) is 1.72. The highest BCUT2D eigenvalue weighted by atomic mass is 35.5. The number of aromatic nitrogens is 3. The summed E-state index contributed by atoms with van der Waals surface area (Å²) in [7, 11) is 0. The predicted molar refractivity (Wildman–Crippen MR) is 108 cm³/mol. The van der Waals surface area contributed by atoms with Crippen LogP contribution in [0.3, 0.4) is 0 Å². The van der Waals surface area contributed by atoms with Gasteiger partial charge in [-0.25, -0.2) is 15.0 Å². The van der Waals surface area contributed by atoms with Gasteiger partial charge in [0, 0.05) is 25.2 Å². The molecule has 0 spiro atoms. The van der Waals surface area contributed by atoms with Gasteiger partial charge >= 0.3 is 0 Å². The summed E-state index contributed by atoms with van der Waals surface area (Å²) in [6.07, 6.45) is 3.19. The van der Waals surface area contributed by atoms with Crippen molar-refractivity contribution in [2.45, 2.75) is 25.0 Å². The number of carbonyl (C=O) groups excluding carboxylic acids is 1. The predicted octanol–water partition coefficient (Wildman–Crippen LogP) is 2.90. The molecule has 2 fully saturated rings. The number of carbonyl (C=O) groups is 1. The molecule has 1 saturated carbocycles. The maximum absolute atomic E-state index is 12.5. The van der Waals surface area contributed by atoms with E-state index in [9.17, 15) is 4.79 Å². The molecule has 1 aliphatic heterocycles. The van der Waals surface area contributed by atoms with E-state index in [1.54, 1.807) is 17.5 Å². The average molecular weight is 416 g/mol. The van der Waals surface area contributed by atoms with Gasteiger partial charge in [-0.05, 0) is 42.6 Å². The summed E-state index contributed by atoms with van der Waals surface area (Å²) in [6.45, 7) is 1.47. The van der Waals surface area contributed by atoms with Gasteiger partial charge in [-0.15, -0.1) is 11.3 Å². The maximum atomic E-state index is 12.5. The van der Waals surface area contributed by atoms with E-state index in [2.05, 4.69) is 25.2 Å². The van der Waals surface area contributed by atoms with Crippen LogP contribution in [-0.4, -0.2) is 46.1 Å². The normalized spacial score (nSPS) is 21.8. The lowest BCUT2D eigenvalue weighted by Crippen LogP contribution is -2.61. The van der Waals surface area contributed by atoms with Crippen LogP contribution >= 0.6 is 22.9 Å². The first-order valence-corrected chi connectivity index (χ1v) is 10.4. The number of anilines is 1. The van der Waals surface area contributed by atoms with Crippen LogP contribution in [0.1, 0.15) is 12.8 Å². The molecule has 28 heavy (non-hydrogen) atoms. The highest BCUT2D eigenvalue weighted by Crippen LogP contribution is 2.35. The number of nitrogens with one attached hydrogen (secondary N) is 1. The second kappa shape index (κ2) is 7.18. The minimum Gasteiger partial charge on any atom is -0.488 e. The number of halogens is 1. The molecule has 7 nitrogen and oxygen atoms in total. The van der Waals surface area contributed by atoms with Gasteiger partial charge in [0.1, 0.15) is 23.2 Å². The molecule has 1 aliphatic carbocycles. The van der Waals surface area contributed by atoms with Crippen LogP contribution in [0.25, 0.3) is 10.2 Å². The lowest BCUT2D eigenvalue weighted by Gasteiger charge is -2.42. The fourth-order valence-corrected chi connectivity index (χ4v) is 4.43. The number of hydrogen-bond donors (Lipinski definition) is 1. The standard InChI is InChI=1S/C19H18ClN5O2S/c20-19-21-5-4-16(24-19)25-8-12(9-25)23-18(26)11-6-13(7-11)27-14-2-1-3-15-17(14)22-10-28-15/h1-5,10-13H,6-9H2,(H,23,26). The SMILES string of the molecule is O=C(NC1CN(c2ccnc(Cl)n2)C1)C1CC(Oc2cccc3scnc23)C1. The van der Waals surface area contributed by atoms with Gasteiger partial charge in [-0.1, -0.05) is 6.07 Å². The lowest BCUT2D eigenvalue weighted by molar-refractivity contribution is -0.131. The van der Waals surface area contributed by atoms with E-state index in [0.29, 0.717) is 0 Å². The van der Waals surface area contributed by atoms with Gasteiger partial charge in [-0.3, -0.25) is 4.79 Å². The first-order valence-electron chi connectivity index (χ1n) is 9.18. The Balaban J connectivity index is 1.09. The van der Waals surface area contributed by atoms with Crippen LogP contribution in [-0.2, 0) is 4.79 Å². The summed E-state index contributed by atoms with van der Waals surface area (Å²) >= 11 is 7.42. The Hall–Kier alpha value is -2.45. The second-order valence-corrected chi connectivity index (χ2v) is 8.38. The molecule has 0 unspecified atom stereocenters. The topological polar surface area (TPSA) is 80.2 Å². The molecule has 2 aliphatic rings. The zero-order valence-electron chi connectivity index (χ0n) is 14.9. The zero-order chi connectivity index (χ0) is 19.1. The van der Waals surface area contributed by atoms with E-state index in [4.69, 9.17) is 16.3 Å². The Bertz CT molecular complexity index is 1020. The summed E-state index contributed by atoms with van der Waals surface area (Å²) in [5, 5.41) is 3.35. The zero-order valence-corrected chi connectivity index (χ0v) is 16.5. The number of para-hydroxylation sites is 1. The molecule has 3 heterocycles. The minimum atomic E-state index is 0.0159. The van der Waals surface area contributed by atoms with Crippen LogP contribution in [0.2, 0.25) is 5.28 Å². The van der Waals surface area contributed by atoms with E-state index in [0.717, 1.165) is 47.7 Å². The fraction of sp³-hybridized carbons (Fsp3) is 0.368. The molecule has 5 rings (SSSR count). The van der Waals surface area contributed by atoms with Crippen molar-refractivity contribution in [3.63, 3.8) is 0 Å². The molecule has 1 N–H and O–H groups in total. The third-order valence-corrected chi connectivity index (χ3v) is 6.22. The average Bonchev–Trinajstić information content (AvgIpc) is 3.09. The molecule has 2 aromatic heterocycles. The van der Waals surface area contributed by atoms with Crippen molar-refractivity contribution in [2.75, 3.05) is 18.0 Å². The van der Waals surface area contributed by atoms with Gasteiger partial charge in [0.05, 0.1) is 16.3 Å². The first-order chi connectivity index (χ1) is 13.7. The molecule has 144 valence electrons. The van der Waals surface area contributed by atoms with Crippen molar-refractivity contribution in [2.24, 2.45) is 5.92 Å². The first kappa shape index (κ1) is 17.6. The van der Waals surface area contributed by atoms with Gasteiger partial charge in [0.15, 0.2) is 0 Å². The molecule has 1 amide bonds. The van der Waals surface area contributed by atoms with E-state index < -0.39 is 0 Å². The summed E-state index contributed by atoms with van der Waals surface area (Å²) in [4.78, 5) is 27.0. The van der Waals surface area contributed by atoms with Gasteiger partial charge in [0.2, 0.25) is 11.2 Å². The Morgan fingerprint density at radius 2 is 2.11 bits per heavy atom. The Morgan fingerprint density at radius 3 is 2.93 bits per heavy atom. The van der Waals surface area contributed by atoms with Crippen LogP contribution < -0.4 is 15.0 Å². The number of hydrogen-bond acceptors (Lipinski definition) is 7. The molecular formula is C19H18ClN5O2S. The largest absolute Gasteiger partial charge is 0.488 e. The van der Waals surface area contributed by atoms with Crippen molar-refractivity contribution in [3.05, 3.63) is 41.3 Å². The van der Waals surface area contributed by atoms with Crippen LogP contribution in [0.15, 0.2) is 36.0 Å². The second-order valence-electron chi connectivity index (χ2n) is 7.16. The molecule has 0 atom stereocenters. The number of fused-ring (bicyclic) bond motifs is 1. The van der Waals surface area contributed by atoms with Crippen LogP contribution in [0.4, 0.5) is 5.82 Å². The van der Waals surface area contributed by atoms with Crippen molar-refractivity contribution in [1.82, 2.24) is 20.3 Å². The quantitative estimate of drug-likeness (QED) is 0.645. The highest BCUT2D eigenvalue weighted by Gasteiger charge is 2.38. The number of benzene rings is 1. The van der Waals surface area contributed by atoms with Crippen molar-refractivity contribution < 1.29 is 9.53 Å². The van der Waals surface area contributed by atoms with Gasteiger partial charge in [0.25, 0.3) is 0 Å². The Labute approximate surface area is 170 Å². The van der Waals surface area contributed by atoms with Gasteiger partial charge < -0.3 is 15.0 Å². The molecule has 1 aromatic carbocycles. The number of rotatable bonds is 5. The molecular weight excluding hydrogens is 398 g/mol. The number of thiazole rings is 1. The van der Waals surface area contributed by atoms with Crippen LogP contribution in [0, 0.1) is 5.92 Å². The Morgan fingerprint density at radius 1 is 1.25 bits per heavy atom. The molecule has 9 heteroatoms. The third kappa shape index (κ3) is 3.38. The van der Waals surface area contributed by atoms with E-state index in [1.165, 1.54) is 0 Å². The smallest absolute Gasteiger partial charge is 0.224 e. The Kier molecular flexibility index (Phi) is 4.52. The summed E-state index contributed by atoms with van der Waals surface area (Å²) in [5.41, 5.74) is 2.73. The van der Waals surface area contributed by atoms with Crippen molar-refractivity contribution in [3.8, 4) is 5.75 Å². The van der Waals surface area contributed by atoms with E-state index >= 15 is 0 Å². The minimum absolute atomic E-state index is 0.0159. The summed E-state index contributed by atoms with van der Waals surface area (Å²) < 4.78 is 7.18. The maximum Gasteiger partial charge on any atom is 0.224 e. The molecule has 3 aromatic rings. The molecule has 0 bridgehead atoms. The number of nitrogens with zero attached hydrogens (tertiary/aromatic N) is 4. The lowest BCUT2D eigenvalue weighted by atomic mass is 9.81. The number of amides is 1. The van der Waals surface area contributed by atoms with Crippen molar-refractivity contribution >= 4 is 44.9 Å². The van der Waals surface area contributed by atoms with Crippen molar-refractivity contribution in [1.29, 1.82) is 0 Å². The van der Waals surface area contributed by atoms with E-state index in [1.807, 2.05) is 29.8 Å². The van der Waals surface area contributed by atoms with E-state index in [-0.39, 0.29) is 29.3 Å². The third-order valence-electron chi connectivity index (χ3n) is 5.25. The summed E-state index contributed by atoms with van der Waals surface area (Å²) in [6, 6.07) is 7.92. The van der Waals surface area contributed by atoms with Crippen LogP contribution in [0.5, 0.6) is 5.75 Å². The highest BCUT2D eigenvalue weighted by molar-refractivity contribution is 7.16. The monoisotopic (exact) mass is 415 g/mol. The molecule has 1 saturated heterocycles. The fourth-order valence-electron chi connectivity index (χ4n) is 3.59.